The summed E-state index contributed by atoms with van der Waals surface area (Å²) >= 11 is 1.75. The maximum Gasteiger partial charge on any atom is 0.191 e. The van der Waals surface area contributed by atoms with Gasteiger partial charge in [0.25, 0.3) is 0 Å². The molecule has 0 radical (unpaired) electrons. The lowest BCUT2D eigenvalue weighted by molar-refractivity contribution is 0.558. The first kappa shape index (κ1) is 20.8. The van der Waals surface area contributed by atoms with Crippen LogP contribution in [0, 0.1) is 17.6 Å². The maximum atomic E-state index is 13.6. The van der Waals surface area contributed by atoms with Crippen LogP contribution in [0.4, 0.5) is 8.78 Å². The zero-order chi connectivity index (χ0) is 16.7. The molecule has 0 fully saturated rings. The number of nitrogens with zero attached hydrogens (tertiary/aromatic N) is 1. The van der Waals surface area contributed by atoms with Crippen LogP contribution >= 0.6 is 35.3 Å². The van der Waals surface area contributed by atoms with E-state index in [0.29, 0.717) is 11.9 Å². The number of benzene rings is 1. The summed E-state index contributed by atoms with van der Waals surface area (Å²) in [5, 5.41) is 8.29. The standard InChI is InChI=1S/C17H21F2N3S.HI/c1-12(8-15-4-3-7-23-15)10-21-17(20-2)22-11-13-9-14(18)5-6-16(13)19;/h3-7,9,12H,8,10-11H2,1-2H3,(H2,20,21,22);1H. The van der Waals surface area contributed by atoms with Crippen molar-refractivity contribution in [2.75, 3.05) is 13.6 Å². The number of hydrogen-bond donors (Lipinski definition) is 2. The molecule has 132 valence electrons. The lowest BCUT2D eigenvalue weighted by Gasteiger charge is -2.16. The topological polar surface area (TPSA) is 36.4 Å². The molecule has 0 bridgehead atoms. The lowest BCUT2D eigenvalue weighted by atomic mass is 10.1. The Morgan fingerprint density at radius 3 is 2.71 bits per heavy atom. The Morgan fingerprint density at radius 2 is 2.04 bits per heavy atom. The summed E-state index contributed by atoms with van der Waals surface area (Å²) in [6.07, 6.45) is 1.00. The molecule has 0 spiro atoms. The Labute approximate surface area is 162 Å². The van der Waals surface area contributed by atoms with Gasteiger partial charge in [0, 0.05) is 30.6 Å². The first-order chi connectivity index (χ1) is 11.1. The summed E-state index contributed by atoms with van der Waals surface area (Å²) in [5.41, 5.74) is 0.277. The number of aliphatic imine (C=N–C) groups is 1. The fourth-order valence-electron chi connectivity index (χ4n) is 2.19. The maximum absolute atomic E-state index is 13.6. The van der Waals surface area contributed by atoms with Crippen LogP contribution in [0.15, 0.2) is 40.7 Å². The molecule has 0 saturated heterocycles. The van der Waals surface area contributed by atoms with E-state index >= 15 is 0 Å². The molecule has 2 rings (SSSR count). The van der Waals surface area contributed by atoms with E-state index in [9.17, 15) is 8.78 Å². The normalized spacial score (nSPS) is 12.4. The minimum Gasteiger partial charge on any atom is -0.356 e. The zero-order valence-electron chi connectivity index (χ0n) is 13.7. The van der Waals surface area contributed by atoms with Gasteiger partial charge >= 0.3 is 0 Å². The minimum atomic E-state index is -0.448. The van der Waals surface area contributed by atoms with Crippen LogP contribution in [0.3, 0.4) is 0 Å². The molecule has 1 heterocycles. The highest BCUT2D eigenvalue weighted by molar-refractivity contribution is 14.0. The number of nitrogens with one attached hydrogen (secondary N) is 2. The SMILES string of the molecule is CN=C(NCc1cc(F)ccc1F)NCC(C)Cc1cccs1.I. The van der Waals surface area contributed by atoms with Crippen molar-refractivity contribution < 1.29 is 8.78 Å². The molecular formula is C17H22F2IN3S. The smallest absolute Gasteiger partial charge is 0.191 e. The Kier molecular flexibility index (Phi) is 9.20. The van der Waals surface area contributed by atoms with Gasteiger partial charge < -0.3 is 10.6 Å². The fraction of sp³-hybridized carbons (Fsp3) is 0.353. The molecule has 1 aromatic heterocycles. The van der Waals surface area contributed by atoms with E-state index in [0.717, 1.165) is 25.1 Å². The molecule has 24 heavy (non-hydrogen) atoms. The van der Waals surface area contributed by atoms with Gasteiger partial charge in [-0.2, -0.15) is 0 Å². The van der Waals surface area contributed by atoms with Gasteiger partial charge in [0.05, 0.1) is 0 Å². The second kappa shape index (κ2) is 10.6. The van der Waals surface area contributed by atoms with Crippen molar-refractivity contribution in [3.8, 4) is 0 Å². The fourth-order valence-corrected chi connectivity index (χ4v) is 3.06. The highest BCUT2D eigenvalue weighted by atomic mass is 127. The molecular weight excluding hydrogens is 443 g/mol. The van der Waals surface area contributed by atoms with E-state index in [2.05, 4.69) is 34.0 Å². The van der Waals surface area contributed by atoms with Gasteiger partial charge in [0.1, 0.15) is 11.6 Å². The third-order valence-electron chi connectivity index (χ3n) is 3.43. The van der Waals surface area contributed by atoms with E-state index in [1.807, 2.05) is 6.07 Å². The number of hydrogen-bond acceptors (Lipinski definition) is 2. The molecule has 2 N–H and O–H groups in total. The summed E-state index contributed by atoms with van der Waals surface area (Å²) in [5.74, 6) is 0.140. The molecule has 7 heteroatoms. The Balaban J connectivity index is 0.00000288. The van der Waals surface area contributed by atoms with Crippen LogP contribution in [-0.2, 0) is 13.0 Å². The first-order valence-electron chi connectivity index (χ1n) is 7.49. The zero-order valence-corrected chi connectivity index (χ0v) is 16.8. The molecule has 0 aliphatic carbocycles. The van der Waals surface area contributed by atoms with Gasteiger partial charge in [-0.3, -0.25) is 4.99 Å². The van der Waals surface area contributed by atoms with Gasteiger partial charge in [0.2, 0.25) is 0 Å². The van der Waals surface area contributed by atoms with Crippen molar-refractivity contribution >= 4 is 41.3 Å². The van der Waals surface area contributed by atoms with Crippen LogP contribution in [-0.4, -0.2) is 19.6 Å². The summed E-state index contributed by atoms with van der Waals surface area (Å²) < 4.78 is 26.7. The molecule has 0 amide bonds. The molecule has 1 atom stereocenters. The van der Waals surface area contributed by atoms with E-state index in [4.69, 9.17) is 0 Å². The molecule has 1 unspecified atom stereocenters. The minimum absolute atomic E-state index is 0. The number of halogens is 3. The lowest BCUT2D eigenvalue weighted by Crippen LogP contribution is -2.39. The van der Waals surface area contributed by atoms with Gasteiger partial charge in [-0.25, -0.2) is 8.78 Å². The van der Waals surface area contributed by atoms with Gasteiger partial charge in [-0.1, -0.05) is 13.0 Å². The summed E-state index contributed by atoms with van der Waals surface area (Å²) in [7, 11) is 1.65. The molecule has 0 aliphatic rings. The predicted octanol–water partition coefficient (Wildman–Crippen LogP) is 4.19. The van der Waals surface area contributed by atoms with Crippen molar-refractivity contribution in [2.24, 2.45) is 10.9 Å². The highest BCUT2D eigenvalue weighted by Gasteiger charge is 2.08. The first-order valence-corrected chi connectivity index (χ1v) is 8.37. The van der Waals surface area contributed by atoms with E-state index in [-0.39, 0.29) is 36.1 Å². The van der Waals surface area contributed by atoms with Crippen molar-refractivity contribution in [3.05, 3.63) is 57.8 Å². The number of thiophene rings is 1. The summed E-state index contributed by atoms with van der Waals surface area (Å²) in [4.78, 5) is 5.46. The van der Waals surface area contributed by atoms with Crippen molar-refractivity contribution in [3.63, 3.8) is 0 Å². The Bertz CT molecular complexity index is 647. The van der Waals surface area contributed by atoms with Crippen LogP contribution in [0.2, 0.25) is 0 Å². The molecule has 2 aromatic rings. The van der Waals surface area contributed by atoms with Crippen molar-refractivity contribution in [2.45, 2.75) is 19.9 Å². The summed E-state index contributed by atoms with van der Waals surface area (Å²) in [6, 6.07) is 7.61. The largest absolute Gasteiger partial charge is 0.356 e. The molecule has 0 aliphatic heterocycles. The predicted molar refractivity (Wildman–Crippen MR) is 107 cm³/mol. The highest BCUT2D eigenvalue weighted by Crippen LogP contribution is 2.13. The third-order valence-corrected chi connectivity index (χ3v) is 4.32. The Hall–Kier alpha value is -1.22. The van der Waals surface area contributed by atoms with Gasteiger partial charge in [-0.15, -0.1) is 35.3 Å². The van der Waals surface area contributed by atoms with Crippen molar-refractivity contribution in [1.29, 1.82) is 0 Å². The second-order valence-corrected chi connectivity index (χ2v) is 6.46. The Morgan fingerprint density at radius 1 is 1.25 bits per heavy atom. The quantitative estimate of drug-likeness (QED) is 0.382. The van der Waals surface area contributed by atoms with E-state index < -0.39 is 11.6 Å². The van der Waals surface area contributed by atoms with Gasteiger partial charge in [0.15, 0.2) is 5.96 Å². The number of guanidine groups is 1. The van der Waals surface area contributed by atoms with Crippen LogP contribution in [0.1, 0.15) is 17.4 Å². The second-order valence-electron chi connectivity index (χ2n) is 5.43. The average molecular weight is 465 g/mol. The van der Waals surface area contributed by atoms with Crippen LogP contribution < -0.4 is 10.6 Å². The van der Waals surface area contributed by atoms with Crippen molar-refractivity contribution in [1.82, 2.24) is 10.6 Å². The molecule has 1 aromatic carbocycles. The third kappa shape index (κ3) is 6.72. The number of rotatable bonds is 6. The molecule has 3 nitrogen and oxygen atoms in total. The van der Waals surface area contributed by atoms with Gasteiger partial charge in [-0.05, 0) is 42.0 Å². The van der Waals surface area contributed by atoms with E-state index in [1.54, 1.807) is 18.4 Å². The van der Waals surface area contributed by atoms with Crippen LogP contribution in [0.5, 0.6) is 0 Å². The molecule has 0 saturated carbocycles. The van der Waals surface area contributed by atoms with E-state index in [1.165, 1.54) is 10.9 Å². The average Bonchev–Trinajstić information content (AvgIpc) is 3.03. The van der Waals surface area contributed by atoms with Crippen LogP contribution in [0.25, 0.3) is 0 Å². The summed E-state index contributed by atoms with van der Waals surface area (Å²) in [6.45, 7) is 3.10. The monoisotopic (exact) mass is 465 g/mol.